The summed E-state index contributed by atoms with van der Waals surface area (Å²) in [5, 5.41) is -1.20. The molecule has 0 saturated carbocycles. The number of carbonyl (C=O) groups is 2. The summed E-state index contributed by atoms with van der Waals surface area (Å²) in [6.45, 7) is 5.22. The monoisotopic (exact) mass is 351 g/mol. The molecule has 7 heteroatoms. The van der Waals surface area contributed by atoms with Crippen molar-refractivity contribution in [3.8, 4) is 0 Å². The smallest absolute Gasteiger partial charge is 0.411 e. The van der Waals surface area contributed by atoms with Gasteiger partial charge >= 0.3 is 6.09 Å². The Morgan fingerprint density at radius 1 is 1.17 bits per heavy atom. The lowest BCUT2D eigenvalue weighted by Gasteiger charge is -2.27. The first kappa shape index (κ1) is 17.0. The first-order valence-electron chi connectivity index (χ1n) is 7.97. The van der Waals surface area contributed by atoms with Gasteiger partial charge in [0.2, 0.25) is 0 Å². The summed E-state index contributed by atoms with van der Waals surface area (Å²) in [5.41, 5.74) is -0.698. The highest BCUT2D eigenvalue weighted by molar-refractivity contribution is 7.93. The summed E-state index contributed by atoms with van der Waals surface area (Å²) >= 11 is 0. The molecule has 1 amide bonds. The van der Waals surface area contributed by atoms with Gasteiger partial charge in [-0.25, -0.2) is 13.2 Å². The van der Waals surface area contributed by atoms with E-state index >= 15 is 0 Å². The minimum absolute atomic E-state index is 0.111. The first-order chi connectivity index (χ1) is 11.1. The van der Waals surface area contributed by atoms with Crippen molar-refractivity contribution in [2.75, 3.05) is 0 Å². The number of rotatable bonds is 2. The third-order valence-corrected chi connectivity index (χ3v) is 6.54. The quantitative estimate of drug-likeness (QED) is 0.816. The van der Waals surface area contributed by atoms with Gasteiger partial charge in [-0.1, -0.05) is 18.2 Å². The molecule has 2 bridgehead atoms. The second-order valence-electron chi connectivity index (χ2n) is 7.23. The van der Waals surface area contributed by atoms with Gasteiger partial charge in [-0.15, -0.1) is 0 Å². The summed E-state index contributed by atoms with van der Waals surface area (Å²) in [4.78, 5) is 26.5. The molecule has 3 rings (SSSR count). The van der Waals surface area contributed by atoms with E-state index in [1.807, 2.05) is 0 Å². The number of Topliss-reactive ketones (excluding diaryl/α,β-unsaturated/α-hetero) is 1. The molecule has 0 unspecified atom stereocenters. The first-order valence-corrected chi connectivity index (χ1v) is 9.51. The lowest BCUT2D eigenvalue weighted by Crippen LogP contribution is -2.43. The number of hydrogen-bond acceptors (Lipinski definition) is 5. The van der Waals surface area contributed by atoms with E-state index < -0.39 is 44.6 Å². The highest BCUT2D eigenvalue weighted by Gasteiger charge is 2.60. The zero-order chi connectivity index (χ0) is 17.7. The Bertz CT molecular complexity index is 766. The van der Waals surface area contributed by atoms with Crippen LogP contribution in [0.4, 0.5) is 4.79 Å². The average Bonchev–Trinajstić information content (AvgIpc) is 3.02. The van der Waals surface area contributed by atoms with Crippen LogP contribution in [0.5, 0.6) is 0 Å². The molecule has 0 spiro atoms. The maximum Gasteiger partial charge on any atom is 0.411 e. The SMILES string of the molecule is CC(C)(C)OC(=O)N1[C@@H]2CC[C@H]1[C@H](S(=O)(=O)c1ccccc1)C2=O. The van der Waals surface area contributed by atoms with Crippen LogP contribution in [0.25, 0.3) is 0 Å². The van der Waals surface area contributed by atoms with E-state index in [0.717, 1.165) is 0 Å². The molecule has 1 aromatic carbocycles. The third kappa shape index (κ3) is 2.70. The Balaban J connectivity index is 1.93. The van der Waals surface area contributed by atoms with E-state index in [4.69, 9.17) is 4.74 Å². The van der Waals surface area contributed by atoms with Crippen LogP contribution < -0.4 is 0 Å². The maximum absolute atomic E-state index is 12.9. The minimum Gasteiger partial charge on any atom is -0.444 e. The molecular formula is C17H21NO5S. The van der Waals surface area contributed by atoms with Gasteiger partial charge in [0.1, 0.15) is 10.9 Å². The molecule has 2 aliphatic heterocycles. The second-order valence-corrected chi connectivity index (χ2v) is 9.30. The lowest BCUT2D eigenvalue weighted by molar-refractivity contribution is -0.120. The van der Waals surface area contributed by atoms with Crippen molar-refractivity contribution in [2.24, 2.45) is 0 Å². The van der Waals surface area contributed by atoms with Crippen molar-refractivity contribution in [1.82, 2.24) is 4.90 Å². The molecule has 2 aliphatic rings. The van der Waals surface area contributed by atoms with Gasteiger partial charge in [-0.3, -0.25) is 9.69 Å². The number of sulfone groups is 1. The predicted molar refractivity (Wildman–Crippen MR) is 87.3 cm³/mol. The van der Waals surface area contributed by atoms with Gasteiger partial charge in [0, 0.05) is 0 Å². The number of fused-ring (bicyclic) bond motifs is 2. The molecule has 0 N–H and O–H groups in total. The summed E-state index contributed by atoms with van der Waals surface area (Å²) < 4.78 is 31.1. The number of hydrogen-bond donors (Lipinski definition) is 0. The molecule has 2 heterocycles. The molecule has 2 fully saturated rings. The molecule has 24 heavy (non-hydrogen) atoms. The van der Waals surface area contributed by atoms with E-state index in [-0.39, 0.29) is 4.90 Å². The Hall–Kier alpha value is -1.89. The van der Waals surface area contributed by atoms with Crippen LogP contribution in [-0.4, -0.2) is 48.1 Å². The summed E-state index contributed by atoms with van der Waals surface area (Å²) in [7, 11) is -3.83. The Kier molecular flexibility index (Phi) is 3.94. The molecular weight excluding hydrogens is 330 g/mol. The molecule has 6 nitrogen and oxygen atoms in total. The van der Waals surface area contributed by atoms with Gasteiger partial charge in [0.15, 0.2) is 15.6 Å². The van der Waals surface area contributed by atoms with Crippen molar-refractivity contribution in [1.29, 1.82) is 0 Å². The number of benzene rings is 1. The summed E-state index contributed by atoms with van der Waals surface area (Å²) in [5.74, 6) is -0.402. The van der Waals surface area contributed by atoms with Crippen LogP contribution in [-0.2, 0) is 19.4 Å². The number of amides is 1. The zero-order valence-corrected chi connectivity index (χ0v) is 14.7. The van der Waals surface area contributed by atoms with E-state index in [1.54, 1.807) is 39.0 Å². The molecule has 3 atom stereocenters. The number of carbonyl (C=O) groups excluding carboxylic acids is 2. The van der Waals surface area contributed by atoms with Gasteiger partial charge in [-0.2, -0.15) is 0 Å². The van der Waals surface area contributed by atoms with Gasteiger partial charge in [0.05, 0.1) is 17.0 Å². The van der Waals surface area contributed by atoms with E-state index in [2.05, 4.69) is 0 Å². The fraction of sp³-hybridized carbons (Fsp3) is 0.529. The highest BCUT2D eigenvalue weighted by atomic mass is 32.2. The largest absolute Gasteiger partial charge is 0.444 e. The Labute approximate surface area is 141 Å². The number of nitrogens with zero attached hydrogens (tertiary/aromatic N) is 1. The van der Waals surface area contributed by atoms with Crippen LogP contribution in [0.1, 0.15) is 33.6 Å². The number of ketones is 1. The van der Waals surface area contributed by atoms with Gasteiger partial charge < -0.3 is 4.74 Å². The van der Waals surface area contributed by atoms with Crippen LogP contribution in [0, 0.1) is 0 Å². The summed E-state index contributed by atoms with van der Waals surface area (Å²) in [6.07, 6.45) is 0.366. The Morgan fingerprint density at radius 3 is 2.38 bits per heavy atom. The Morgan fingerprint density at radius 2 is 1.79 bits per heavy atom. The molecule has 130 valence electrons. The van der Waals surface area contributed by atoms with Crippen LogP contribution >= 0.6 is 0 Å². The van der Waals surface area contributed by atoms with E-state index in [9.17, 15) is 18.0 Å². The highest BCUT2D eigenvalue weighted by Crippen LogP contribution is 2.41. The second kappa shape index (κ2) is 5.58. The molecule has 2 saturated heterocycles. The zero-order valence-electron chi connectivity index (χ0n) is 13.9. The molecule has 0 radical (unpaired) electrons. The third-order valence-electron chi connectivity index (χ3n) is 4.40. The van der Waals surface area contributed by atoms with Crippen molar-refractivity contribution in [3.63, 3.8) is 0 Å². The van der Waals surface area contributed by atoms with Gasteiger partial charge in [-0.05, 0) is 45.7 Å². The molecule has 0 aliphatic carbocycles. The van der Waals surface area contributed by atoms with E-state index in [1.165, 1.54) is 17.0 Å². The van der Waals surface area contributed by atoms with Crippen molar-refractivity contribution >= 4 is 21.7 Å². The lowest BCUT2D eigenvalue weighted by atomic mass is 9.99. The van der Waals surface area contributed by atoms with Crippen molar-refractivity contribution in [2.45, 2.75) is 61.4 Å². The topological polar surface area (TPSA) is 80.8 Å². The van der Waals surface area contributed by atoms with Crippen LogP contribution in [0.2, 0.25) is 0 Å². The van der Waals surface area contributed by atoms with E-state index in [0.29, 0.717) is 12.8 Å². The van der Waals surface area contributed by atoms with Crippen molar-refractivity contribution in [3.05, 3.63) is 30.3 Å². The normalized spacial score (nSPS) is 26.7. The number of ether oxygens (including phenoxy) is 1. The fourth-order valence-electron chi connectivity index (χ4n) is 3.49. The van der Waals surface area contributed by atoms with Crippen LogP contribution in [0.15, 0.2) is 35.2 Å². The van der Waals surface area contributed by atoms with Crippen molar-refractivity contribution < 1.29 is 22.7 Å². The minimum atomic E-state index is -3.83. The van der Waals surface area contributed by atoms with Gasteiger partial charge in [0.25, 0.3) is 0 Å². The molecule has 1 aromatic rings. The fourth-order valence-corrected chi connectivity index (χ4v) is 5.46. The molecule has 0 aromatic heterocycles. The summed E-state index contributed by atoms with van der Waals surface area (Å²) in [6, 6.07) is 6.57. The van der Waals surface area contributed by atoms with Crippen LogP contribution in [0.3, 0.4) is 0 Å². The maximum atomic E-state index is 12.9. The average molecular weight is 351 g/mol. The standard InChI is InChI=1S/C17H21NO5S/c1-17(2,3)23-16(20)18-12-9-10-13(18)15(14(12)19)24(21,22)11-7-5-4-6-8-11/h4-8,12-13,15H,9-10H2,1-3H3/t12-,13+,15+/m1/s1. The predicted octanol–water partition coefficient (Wildman–Crippen LogP) is 2.18.